The molecule has 7 heteroatoms. The van der Waals surface area contributed by atoms with Crippen molar-refractivity contribution in [2.24, 2.45) is 0 Å². The molecule has 160 valence electrons. The van der Waals surface area contributed by atoms with Gasteiger partial charge in [-0.2, -0.15) is 0 Å². The van der Waals surface area contributed by atoms with E-state index in [-0.39, 0.29) is 5.56 Å². The fraction of sp³-hybridized carbons (Fsp3) is 0.250. The van der Waals surface area contributed by atoms with E-state index in [0.717, 1.165) is 66.1 Å². The van der Waals surface area contributed by atoms with Crippen LogP contribution in [0.2, 0.25) is 0 Å². The molecule has 3 heterocycles. The molecule has 4 aromatic rings. The van der Waals surface area contributed by atoms with Crippen LogP contribution in [0.3, 0.4) is 0 Å². The third kappa shape index (κ3) is 4.26. The number of hydrogen-bond donors (Lipinski definition) is 1. The molecule has 0 atom stereocenters. The van der Waals surface area contributed by atoms with Gasteiger partial charge in [0.05, 0.1) is 23.7 Å². The Morgan fingerprint density at radius 1 is 1.00 bits per heavy atom. The number of carbonyl (C=O) groups is 1. The third-order valence-corrected chi connectivity index (χ3v) is 5.50. The first-order valence-electron chi connectivity index (χ1n) is 10.3. The quantitative estimate of drug-likeness (QED) is 0.519. The number of anilines is 1. The van der Waals surface area contributed by atoms with E-state index in [1.54, 1.807) is 12.0 Å². The van der Waals surface area contributed by atoms with Crippen LogP contribution in [-0.4, -0.2) is 54.0 Å². The van der Waals surface area contributed by atoms with Crippen molar-refractivity contribution in [3.8, 4) is 5.75 Å². The summed E-state index contributed by atoms with van der Waals surface area (Å²) in [4.78, 5) is 29.2. The zero-order valence-corrected chi connectivity index (χ0v) is 17.7. The van der Waals surface area contributed by atoms with Crippen molar-refractivity contribution in [3.05, 3.63) is 76.7 Å². The average Bonchev–Trinajstić information content (AvgIpc) is 3.20. The molecule has 0 saturated carbocycles. The van der Waals surface area contributed by atoms with Gasteiger partial charge in [-0.3, -0.25) is 9.59 Å². The molecule has 31 heavy (non-hydrogen) atoms. The van der Waals surface area contributed by atoms with Crippen LogP contribution in [0.5, 0.6) is 5.75 Å². The molecule has 1 aliphatic rings. The maximum absolute atomic E-state index is 11.7. The summed E-state index contributed by atoms with van der Waals surface area (Å²) in [6.07, 6.45) is 2.94. The Bertz CT molecular complexity index is 1250. The maximum Gasteiger partial charge on any atom is 0.258 e. The predicted octanol–water partition coefficient (Wildman–Crippen LogP) is 3.06. The van der Waals surface area contributed by atoms with E-state index in [1.807, 2.05) is 66.1 Å². The summed E-state index contributed by atoms with van der Waals surface area (Å²) in [6, 6.07) is 17.6. The molecule has 0 bridgehead atoms. The molecular weight excluding hydrogens is 392 g/mol. The van der Waals surface area contributed by atoms with E-state index in [1.165, 1.54) is 0 Å². The highest BCUT2D eigenvalue weighted by atomic mass is 16.5. The van der Waals surface area contributed by atoms with E-state index in [9.17, 15) is 9.59 Å². The summed E-state index contributed by atoms with van der Waals surface area (Å²) in [5.41, 5.74) is 4.01. The molecule has 2 aromatic carbocycles. The monoisotopic (exact) mass is 418 g/mol. The van der Waals surface area contributed by atoms with Crippen LogP contribution < -0.4 is 15.2 Å². The molecule has 1 fully saturated rings. The summed E-state index contributed by atoms with van der Waals surface area (Å²) in [5, 5.41) is 0.723. The first-order chi connectivity index (χ1) is 15.1. The van der Waals surface area contributed by atoms with Gasteiger partial charge in [-0.15, -0.1) is 0 Å². The van der Waals surface area contributed by atoms with Gasteiger partial charge in [-0.05, 0) is 42.8 Å². The number of amides is 1. The Labute approximate surface area is 180 Å². The van der Waals surface area contributed by atoms with Crippen LogP contribution in [0.4, 0.5) is 5.69 Å². The zero-order chi connectivity index (χ0) is 21.8. The molecule has 7 nitrogen and oxygen atoms in total. The van der Waals surface area contributed by atoms with E-state index in [4.69, 9.17) is 4.74 Å². The number of ether oxygens (including phenoxy) is 1. The van der Waals surface area contributed by atoms with Crippen molar-refractivity contribution in [2.45, 2.75) is 6.92 Å². The summed E-state index contributed by atoms with van der Waals surface area (Å²) in [6.45, 7) is 5.29. The van der Waals surface area contributed by atoms with Gasteiger partial charge in [0, 0.05) is 32.4 Å². The van der Waals surface area contributed by atoms with Gasteiger partial charge in [0.1, 0.15) is 11.4 Å². The number of aryl methyl sites for hydroxylation is 1. The molecule has 0 radical (unpaired) electrons. The van der Waals surface area contributed by atoms with Crippen LogP contribution in [0.25, 0.3) is 16.6 Å². The van der Waals surface area contributed by atoms with Crippen LogP contribution in [0.15, 0.2) is 65.6 Å². The number of aromatic amines is 1. The Morgan fingerprint density at radius 2 is 1.71 bits per heavy atom. The number of para-hydroxylation sites is 3. The number of hydrogen-bond acceptors (Lipinski definition) is 4. The lowest BCUT2D eigenvalue weighted by Crippen LogP contribution is -2.45. The molecule has 0 aliphatic carbocycles. The minimum Gasteiger partial charge on any atom is -0.495 e. The molecule has 1 N–H and O–H groups in total. The van der Waals surface area contributed by atoms with Crippen molar-refractivity contribution in [1.82, 2.24) is 14.3 Å². The SMILES string of the molecule is COc1ccccc1N1CCN(C=O)CC1.Cc1cc2[nH]c(=O)c3ccccc3n2c1. The van der Waals surface area contributed by atoms with Gasteiger partial charge in [0.2, 0.25) is 6.41 Å². The molecule has 1 aliphatic heterocycles. The highest BCUT2D eigenvalue weighted by molar-refractivity contribution is 5.80. The number of benzene rings is 2. The van der Waals surface area contributed by atoms with Crippen molar-refractivity contribution in [3.63, 3.8) is 0 Å². The number of H-pyrrole nitrogens is 1. The van der Waals surface area contributed by atoms with Gasteiger partial charge >= 0.3 is 0 Å². The zero-order valence-electron chi connectivity index (χ0n) is 17.7. The molecule has 0 spiro atoms. The second-order valence-electron chi connectivity index (χ2n) is 7.54. The lowest BCUT2D eigenvalue weighted by atomic mass is 10.2. The molecule has 5 rings (SSSR count). The highest BCUT2D eigenvalue weighted by Crippen LogP contribution is 2.28. The average molecular weight is 418 g/mol. The fourth-order valence-corrected chi connectivity index (χ4v) is 3.91. The van der Waals surface area contributed by atoms with Crippen LogP contribution in [-0.2, 0) is 4.79 Å². The molecular formula is C24H26N4O3. The highest BCUT2D eigenvalue weighted by Gasteiger charge is 2.17. The van der Waals surface area contributed by atoms with Crippen LogP contribution >= 0.6 is 0 Å². The summed E-state index contributed by atoms with van der Waals surface area (Å²) < 4.78 is 7.33. The van der Waals surface area contributed by atoms with Gasteiger partial charge in [0.25, 0.3) is 5.56 Å². The first-order valence-corrected chi connectivity index (χ1v) is 10.3. The summed E-state index contributed by atoms with van der Waals surface area (Å²) in [7, 11) is 1.68. The van der Waals surface area contributed by atoms with Crippen LogP contribution in [0, 0.1) is 6.92 Å². The third-order valence-electron chi connectivity index (χ3n) is 5.50. The second-order valence-corrected chi connectivity index (χ2v) is 7.54. The Balaban J connectivity index is 0.000000149. The lowest BCUT2D eigenvalue weighted by molar-refractivity contribution is -0.118. The minimum absolute atomic E-state index is 0.0313. The minimum atomic E-state index is -0.0313. The first kappa shape index (κ1) is 20.5. The molecule has 1 amide bonds. The van der Waals surface area contributed by atoms with Gasteiger partial charge < -0.3 is 23.9 Å². The number of carbonyl (C=O) groups excluding carboxylic acids is 1. The fourth-order valence-electron chi connectivity index (χ4n) is 3.91. The Kier molecular flexibility index (Phi) is 5.93. The van der Waals surface area contributed by atoms with Crippen molar-refractivity contribution >= 4 is 28.6 Å². The van der Waals surface area contributed by atoms with Gasteiger partial charge in [-0.25, -0.2) is 0 Å². The van der Waals surface area contributed by atoms with E-state index < -0.39 is 0 Å². The number of rotatable bonds is 3. The van der Waals surface area contributed by atoms with Gasteiger partial charge in [0.15, 0.2) is 0 Å². The topological polar surface area (TPSA) is 70.0 Å². The van der Waals surface area contributed by atoms with Crippen molar-refractivity contribution in [2.75, 3.05) is 38.2 Å². The molecule has 2 aromatic heterocycles. The van der Waals surface area contributed by atoms with Gasteiger partial charge in [-0.1, -0.05) is 24.3 Å². The second kappa shape index (κ2) is 8.95. The lowest BCUT2D eigenvalue weighted by Gasteiger charge is -2.34. The van der Waals surface area contributed by atoms with Crippen LogP contribution in [0.1, 0.15) is 5.56 Å². The number of nitrogens with zero attached hydrogens (tertiary/aromatic N) is 3. The van der Waals surface area contributed by atoms with E-state index >= 15 is 0 Å². The normalized spacial score (nSPS) is 13.7. The van der Waals surface area contributed by atoms with Crippen molar-refractivity contribution in [1.29, 1.82) is 0 Å². The number of aromatic nitrogens is 2. The number of nitrogens with one attached hydrogen (secondary N) is 1. The van der Waals surface area contributed by atoms with E-state index in [0.29, 0.717) is 0 Å². The number of methoxy groups -OCH3 is 1. The standard InChI is InChI=1S/C12H16N2O2.C12H10N2O/c1-16-12-5-3-2-4-11(12)14-8-6-13(10-15)7-9-14;1-8-6-11-13-12(15)9-4-2-3-5-10(9)14(11)7-8/h2-5,10H,6-9H2,1H3;2-7H,1H3,(H,13,15). The Morgan fingerprint density at radius 3 is 2.45 bits per heavy atom. The summed E-state index contributed by atoms with van der Waals surface area (Å²) >= 11 is 0. The molecule has 1 saturated heterocycles. The van der Waals surface area contributed by atoms with Crippen molar-refractivity contribution < 1.29 is 9.53 Å². The number of fused-ring (bicyclic) bond motifs is 3. The Hall–Kier alpha value is -3.74. The van der Waals surface area contributed by atoms with E-state index in [2.05, 4.69) is 16.0 Å². The molecule has 0 unspecified atom stereocenters. The summed E-state index contributed by atoms with van der Waals surface area (Å²) in [5.74, 6) is 0.891. The number of piperazine rings is 1. The maximum atomic E-state index is 11.7. The predicted molar refractivity (Wildman–Crippen MR) is 123 cm³/mol. The smallest absolute Gasteiger partial charge is 0.258 e. The largest absolute Gasteiger partial charge is 0.495 e.